The molecule has 2 aromatic rings. The van der Waals surface area contributed by atoms with Gasteiger partial charge in [0.2, 0.25) is 0 Å². The zero-order valence-corrected chi connectivity index (χ0v) is 14.2. The van der Waals surface area contributed by atoms with Gasteiger partial charge < -0.3 is 10.1 Å². The number of ether oxygens (including phenoxy) is 1. The van der Waals surface area contributed by atoms with Crippen LogP contribution in [0.15, 0.2) is 53.6 Å². The standard InChI is InChI=1S/C20H19FN2O4/c1-27-14-5-2-4-12(10-14)13-8-9-18(17(21)11-13)22-19(24)15-6-3-7-16(15)20(25)23-26/h2,4-5,8-11,26H,3,6-7H2,1H3,(H,22,24)(H,23,25)/i1D3. The largest absolute Gasteiger partial charge is 0.497 e. The van der Waals surface area contributed by atoms with Crippen LogP contribution in [0.5, 0.6) is 5.75 Å². The molecule has 1 aliphatic rings. The van der Waals surface area contributed by atoms with Gasteiger partial charge in [-0.3, -0.25) is 14.8 Å². The number of hydroxylamine groups is 1. The number of carbonyl (C=O) groups excluding carboxylic acids is 2. The molecule has 3 rings (SSSR count). The van der Waals surface area contributed by atoms with Crippen LogP contribution in [0.3, 0.4) is 0 Å². The Balaban J connectivity index is 1.80. The number of rotatable bonds is 5. The monoisotopic (exact) mass is 373 g/mol. The minimum Gasteiger partial charge on any atom is -0.497 e. The Hall–Kier alpha value is -3.19. The first kappa shape index (κ1) is 14.9. The van der Waals surface area contributed by atoms with E-state index in [9.17, 15) is 14.0 Å². The lowest BCUT2D eigenvalue weighted by Gasteiger charge is -2.11. The van der Waals surface area contributed by atoms with E-state index in [4.69, 9.17) is 14.1 Å². The van der Waals surface area contributed by atoms with Crippen molar-refractivity contribution in [2.75, 3.05) is 12.4 Å². The molecule has 0 spiro atoms. The van der Waals surface area contributed by atoms with Crippen LogP contribution >= 0.6 is 0 Å². The van der Waals surface area contributed by atoms with Gasteiger partial charge in [-0.1, -0.05) is 18.2 Å². The molecule has 0 atom stereocenters. The van der Waals surface area contributed by atoms with Crippen LogP contribution in [0.25, 0.3) is 11.1 Å². The maximum absolute atomic E-state index is 14.6. The van der Waals surface area contributed by atoms with Crippen molar-refractivity contribution >= 4 is 17.5 Å². The summed E-state index contributed by atoms with van der Waals surface area (Å²) in [4.78, 5) is 24.1. The molecule has 0 fully saturated rings. The van der Waals surface area contributed by atoms with Gasteiger partial charge in [0, 0.05) is 11.1 Å². The van der Waals surface area contributed by atoms with Crippen molar-refractivity contribution in [3.63, 3.8) is 0 Å². The van der Waals surface area contributed by atoms with Crippen LogP contribution in [-0.4, -0.2) is 24.1 Å². The molecule has 140 valence electrons. The molecular weight excluding hydrogens is 351 g/mol. The highest BCUT2D eigenvalue weighted by Gasteiger charge is 2.26. The molecule has 0 unspecified atom stereocenters. The van der Waals surface area contributed by atoms with E-state index in [2.05, 4.69) is 5.32 Å². The summed E-state index contributed by atoms with van der Waals surface area (Å²) in [6, 6.07) is 10.4. The first-order valence-corrected chi connectivity index (χ1v) is 8.25. The Morgan fingerprint density at radius 2 is 1.85 bits per heavy atom. The van der Waals surface area contributed by atoms with Crippen LogP contribution < -0.4 is 15.5 Å². The second-order valence-corrected chi connectivity index (χ2v) is 6.03. The van der Waals surface area contributed by atoms with E-state index in [0.29, 0.717) is 30.4 Å². The molecule has 0 aromatic heterocycles. The molecule has 0 heterocycles. The number of methoxy groups -OCH3 is 1. The van der Waals surface area contributed by atoms with Crippen LogP contribution in [0.1, 0.15) is 23.4 Å². The number of amides is 2. The van der Waals surface area contributed by atoms with Gasteiger partial charge in [0.05, 0.1) is 16.8 Å². The number of anilines is 1. The van der Waals surface area contributed by atoms with Crippen LogP contribution in [0, 0.1) is 5.82 Å². The quantitative estimate of drug-likeness (QED) is 0.554. The molecule has 27 heavy (non-hydrogen) atoms. The smallest absolute Gasteiger partial charge is 0.271 e. The summed E-state index contributed by atoms with van der Waals surface area (Å²) in [5.74, 6) is -1.93. The molecule has 0 saturated heterocycles. The molecule has 2 amide bonds. The van der Waals surface area contributed by atoms with Crippen molar-refractivity contribution in [2.45, 2.75) is 19.3 Å². The van der Waals surface area contributed by atoms with Crippen molar-refractivity contribution in [1.82, 2.24) is 5.48 Å². The fourth-order valence-corrected chi connectivity index (χ4v) is 3.05. The number of halogens is 1. The summed E-state index contributed by atoms with van der Waals surface area (Å²) in [5, 5.41) is 11.2. The Labute approximate surface area is 159 Å². The fourth-order valence-electron chi connectivity index (χ4n) is 3.05. The van der Waals surface area contributed by atoms with Gasteiger partial charge in [-0.05, 0) is 54.7 Å². The highest BCUT2D eigenvalue weighted by Crippen LogP contribution is 2.30. The fraction of sp³-hybridized carbons (Fsp3) is 0.200. The van der Waals surface area contributed by atoms with Gasteiger partial charge in [-0.2, -0.15) is 0 Å². The number of carbonyl (C=O) groups is 2. The van der Waals surface area contributed by atoms with Crippen molar-refractivity contribution in [3.05, 3.63) is 59.4 Å². The maximum Gasteiger partial charge on any atom is 0.271 e. The lowest BCUT2D eigenvalue weighted by Crippen LogP contribution is -2.23. The van der Waals surface area contributed by atoms with E-state index in [-0.39, 0.29) is 22.6 Å². The second kappa shape index (κ2) is 8.01. The Morgan fingerprint density at radius 3 is 2.56 bits per heavy atom. The summed E-state index contributed by atoms with van der Waals surface area (Å²) in [5.41, 5.74) is 2.83. The lowest BCUT2D eigenvalue weighted by molar-refractivity contribution is -0.125. The number of nitrogens with one attached hydrogen (secondary N) is 2. The Bertz CT molecular complexity index is 1020. The molecule has 2 aromatic carbocycles. The number of hydrogen-bond acceptors (Lipinski definition) is 4. The highest BCUT2D eigenvalue weighted by atomic mass is 19.1. The van der Waals surface area contributed by atoms with Crippen molar-refractivity contribution in [1.29, 1.82) is 0 Å². The summed E-state index contributed by atoms with van der Waals surface area (Å²) in [7, 11) is -2.60. The molecule has 0 saturated carbocycles. The molecule has 6 nitrogen and oxygen atoms in total. The minimum atomic E-state index is -2.60. The average molecular weight is 373 g/mol. The number of hydrogen-bond donors (Lipinski definition) is 3. The van der Waals surface area contributed by atoms with E-state index in [1.54, 1.807) is 18.2 Å². The van der Waals surface area contributed by atoms with E-state index in [0.717, 1.165) is 0 Å². The predicted molar refractivity (Wildman–Crippen MR) is 97.8 cm³/mol. The van der Waals surface area contributed by atoms with Crippen molar-refractivity contribution in [2.24, 2.45) is 0 Å². The Kier molecular flexibility index (Phi) is 4.43. The predicted octanol–water partition coefficient (Wildman–Crippen LogP) is 3.43. The van der Waals surface area contributed by atoms with E-state index in [1.165, 1.54) is 29.7 Å². The van der Waals surface area contributed by atoms with Gasteiger partial charge in [0.15, 0.2) is 0 Å². The molecular formula is C20H19FN2O4. The Morgan fingerprint density at radius 1 is 1.11 bits per heavy atom. The van der Waals surface area contributed by atoms with E-state index < -0.39 is 24.7 Å². The molecule has 7 heteroatoms. The first-order chi connectivity index (χ1) is 14.2. The maximum atomic E-state index is 14.6. The SMILES string of the molecule is [2H]C([2H])([2H])Oc1cccc(-c2ccc(NC(=O)C3=C(C(=O)NO)CCC3)c(F)c2)c1. The molecule has 0 aliphatic heterocycles. The van der Waals surface area contributed by atoms with Crippen LogP contribution in [-0.2, 0) is 9.59 Å². The third-order valence-electron chi connectivity index (χ3n) is 4.37. The van der Waals surface area contributed by atoms with E-state index in [1.807, 2.05) is 0 Å². The van der Waals surface area contributed by atoms with Gasteiger partial charge in [0.25, 0.3) is 11.8 Å². The summed E-state index contributed by atoms with van der Waals surface area (Å²) in [6.07, 6.45) is 1.29. The zero-order valence-electron chi connectivity index (χ0n) is 17.2. The summed E-state index contributed by atoms with van der Waals surface area (Å²) < 4.78 is 41.0. The summed E-state index contributed by atoms with van der Waals surface area (Å²) in [6.45, 7) is 0. The summed E-state index contributed by atoms with van der Waals surface area (Å²) >= 11 is 0. The first-order valence-electron chi connectivity index (χ1n) is 9.75. The zero-order chi connectivity index (χ0) is 21.9. The van der Waals surface area contributed by atoms with Crippen molar-refractivity contribution in [3.8, 4) is 16.9 Å². The topological polar surface area (TPSA) is 87.7 Å². The van der Waals surface area contributed by atoms with Crippen LogP contribution in [0.4, 0.5) is 10.1 Å². The van der Waals surface area contributed by atoms with Crippen molar-refractivity contribution < 1.29 is 28.0 Å². The van der Waals surface area contributed by atoms with Crippen LogP contribution in [0.2, 0.25) is 0 Å². The molecule has 1 aliphatic carbocycles. The third kappa shape index (κ3) is 3.98. The number of benzene rings is 2. The van der Waals surface area contributed by atoms with Gasteiger partial charge in [-0.25, -0.2) is 9.87 Å². The van der Waals surface area contributed by atoms with E-state index >= 15 is 0 Å². The third-order valence-corrected chi connectivity index (χ3v) is 4.37. The molecule has 0 bridgehead atoms. The highest BCUT2D eigenvalue weighted by molar-refractivity contribution is 6.10. The normalized spacial score (nSPS) is 15.6. The van der Waals surface area contributed by atoms with Gasteiger partial charge in [-0.15, -0.1) is 0 Å². The molecule has 0 radical (unpaired) electrons. The lowest BCUT2D eigenvalue weighted by atomic mass is 10.0. The minimum absolute atomic E-state index is 0.0678. The van der Waals surface area contributed by atoms with Gasteiger partial charge >= 0.3 is 0 Å². The second-order valence-electron chi connectivity index (χ2n) is 6.03. The molecule has 3 N–H and O–H groups in total. The average Bonchev–Trinajstić information content (AvgIpc) is 3.18. The van der Waals surface area contributed by atoms with Gasteiger partial charge in [0.1, 0.15) is 11.6 Å².